The highest BCUT2D eigenvalue weighted by molar-refractivity contribution is 5.66. The molecule has 1 rings (SSSR count). The van der Waals surface area contributed by atoms with Gasteiger partial charge in [0, 0.05) is 12.5 Å². The fraction of sp³-hybridized carbons (Fsp3) is 0.417. The van der Waals surface area contributed by atoms with E-state index in [9.17, 15) is 14.9 Å². The van der Waals surface area contributed by atoms with Crippen LogP contribution in [0.3, 0.4) is 0 Å². The molecule has 0 aliphatic rings. The van der Waals surface area contributed by atoms with Crippen LogP contribution >= 0.6 is 0 Å². The van der Waals surface area contributed by atoms with Crippen molar-refractivity contribution in [3.05, 3.63) is 33.9 Å². The zero-order chi connectivity index (χ0) is 13.5. The number of unbranched alkanes of at least 4 members (excludes halogenated alkanes) is 1. The number of hydrogen-bond acceptors (Lipinski definition) is 4. The first-order valence-electron chi connectivity index (χ1n) is 5.60. The minimum atomic E-state index is -0.851. The second-order valence-corrected chi connectivity index (χ2v) is 3.93. The van der Waals surface area contributed by atoms with Crippen LogP contribution in [0.25, 0.3) is 0 Å². The number of benzene rings is 1. The van der Waals surface area contributed by atoms with Gasteiger partial charge >= 0.3 is 11.7 Å². The van der Waals surface area contributed by atoms with Crippen molar-refractivity contribution in [3.8, 4) is 5.75 Å². The number of hydrogen-bond donors (Lipinski definition) is 1. The Bertz CT molecular complexity index is 444. The molecule has 0 aromatic heterocycles. The standard InChI is InChI=1S/C12H15NO5/c1-9-5-6-11(10(8-9)13(16)17)18-7-3-2-4-12(14)15/h5-6,8H,2-4,7H2,1H3,(H,14,15). The Hall–Kier alpha value is -2.11. The maximum Gasteiger partial charge on any atom is 0.311 e. The Labute approximate surface area is 104 Å². The van der Waals surface area contributed by atoms with Crippen molar-refractivity contribution in [1.29, 1.82) is 0 Å². The van der Waals surface area contributed by atoms with Crippen LogP contribution in [0.15, 0.2) is 18.2 Å². The fourth-order valence-corrected chi connectivity index (χ4v) is 1.45. The summed E-state index contributed by atoms with van der Waals surface area (Å²) in [7, 11) is 0. The normalized spacial score (nSPS) is 10.1. The van der Waals surface area contributed by atoms with Crippen molar-refractivity contribution >= 4 is 11.7 Å². The third-order valence-corrected chi connectivity index (χ3v) is 2.35. The fourth-order valence-electron chi connectivity index (χ4n) is 1.45. The summed E-state index contributed by atoms with van der Waals surface area (Å²) >= 11 is 0. The molecule has 0 saturated carbocycles. The molecule has 6 heteroatoms. The van der Waals surface area contributed by atoms with Crippen LogP contribution in [0.5, 0.6) is 5.75 Å². The monoisotopic (exact) mass is 253 g/mol. The molecule has 0 aliphatic carbocycles. The van der Waals surface area contributed by atoms with Crippen LogP contribution in [0.2, 0.25) is 0 Å². The summed E-state index contributed by atoms with van der Waals surface area (Å²) < 4.78 is 5.30. The second-order valence-electron chi connectivity index (χ2n) is 3.93. The predicted molar refractivity (Wildman–Crippen MR) is 64.8 cm³/mol. The van der Waals surface area contributed by atoms with Gasteiger partial charge in [0.2, 0.25) is 0 Å². The van der Waals surface area contributed by atoms with Gasteiger partial charge in [-0.3, -0.25) is 14.9 Å². The van der Waals surface area contributed by atoms with Gasteiger partial charge in [-0.25, -0.2) is 0 Å². The predicted octanol–water partition coefficient (Wildman–Crippen LogP) is 2.54. The summed E-state index contributed by atoms with van der Waals surface area (Å²) in [4.78, 5) is 20.6. The second kappa shape index (κ2) is 6.58. The molecule has 1 N–H and O–H groups in total. The number of aliphatic carboxylic acids is 1. The number of carbonyl (C=O) groups is 1. The Morgan fingerprint density at radius 2 is 2.17 bits per heavy atom. The minimum absolute atomic E-state index is 0.0618. The molecule has 0 radical (unpaired) electrons. The Kier molecular flexibility index (Phi) is 5.10. The van der Waals surface area contributed by atoms with Gasteiger partial charge in [0.15, 0.2) is 5.75 Å². The molecule has 0 aliphatic heterocycles. The van der Waals surface area contributed by atoms with E-state index < -0.39 is 10.9 Å². The quantitative estimate of drug-likeness (QED) is 0.458. The largest absolute Gasteiger partial charge is 0.487 e. The summed E-state index contributed by atoms with van der Waals surface area (Å²) in [6.45, 7) is 2.04. The molecule has 0 amide bonds. The molecular weight excluding hydrogens is 238 g/mol. The zero-order valence-corrected chi connectivity index (χ0v) is 10.1. The maximum absolute atomic E-state index is 10.8. The van der Waals surface area contributed by atoms with E-state index in [0.717, 1.165) is 5.56 Å². The van der Waals surface area contributed by atoms with E-state index in [1.807, 2.05) is 0 Å². The first-order valence-corrected chi connectivity index (χ1v) is 5.60. The molecule has 0 unspecified atom stereocenters. The number of nitro benzene ring substituents is 1. The minimum Gasteiger partial charge on any atom is -0.487 e. The highest BCUT2D eigenvalue weighted by Crippen LogP contribution is 2.27. The molecule has 1 aromatic carbocycles. The summed E-state index contributed by atoms with van der Waals surface area (Å²) in [6.07, 6.45) is 1.13. The maximum atomic E-state index is 10.8. The van der Waals surface area contributed by atoms with Crippen molar-refractivity contribution < 1.29 is 19.6 Å². The molecule has 0 bridgehead atoms. The lowest BCUT2D eigenvalue weighted by molar-refractivity contribution is -0.385. The number of ether oxygens (including phenoxy) is 1. The summed E-state index contributed by atoms with van der Waals surface area (Å²) in [6, 6.07) is 4.75. The van der Waals surface area contributed by atoms with Gasteiger partial charge in [0.25, 0.3) is 0 Å². The van der Waals surface area contributed by atoms with Gasteiger partial charge in [-0.2, -0.15) is 0 Å². The van der Waals surface area contributed by atoms with Crippen LogP contribution in [0.4, 0.5) is 5.69 Å². The first-order chi connectivity index (χ1) is 8.50. The van der Waals surface area contributed by atoms with Gasteiger partial charge < -0.3 is 9.84 Å². The van der Waals surface area contributed by atoms with Crippen LogP contribution in [-0.2, 0) is 4.79 Å². The number of carboxylic acid groups (broad SMARTS) is 1. The van der Waals surface area contributed by atoms with Gasteiger partial charge in [-0.1, -0.05) is 6.07 Å². The molecule has 98 valence electrons. The van der Waals surface area contributed by atoms with E-state index in [4.69, 9.17) is 9.84 Å². The van der Waals surface area contributed by atoms with E-state index in [1.54, 1.807) is 19.1 Å². The van der Waals surface area contributed by atoms with Crippen LogP contribution in [0, 0.1) is 17.0 Å². The van der Waals surface area contributed by atoms with Crippen molar-refractivity contribution in [2.24, 2.45) is 0 Å². The molecular formula is C12H15NO5. The molecule has 18 heavy (non-hydrogen) atoms. The van der Waals surface area contributed by atoms with Crippen LogP contribution in [-0.4, -0.2) is 22.6 Å². The van der Waals surface area contributed by atoms with E-state index in [-0.39, 0.29) is 24.5 Å². The lowest BCUT2D eigenvalue weighted by Crippen LogP contribution is -2.02. The molecule has 0 atom stereocenters. The molecule has 0 heterocycles. The number of rotatable bonds is 7. The zero-order valence-electron chi connectivity index (χ0n) is 10.1. The average Bonchev–Trinajstić information content (AvgIpc) is 2.29. The molecule has 0 saturated heterocycles. The Balaban J connectivity index is 2.51. The smallest absolute Gasteiger partial charge is 0.311 e. The van der Waals surface area contributed by atoms with E-state index in [1.165, 1.54) is 6.07 Å². The average molecular weight is 253 g/mol. The topological polar surface area (TPSA) is 89.7 Å². The summed E-state index contributed by atoms with van der Waals surface area (Å²) in [5.74, 6) is -0.628. The molecule has 6 nitrogen and oxygen atoms in total. The highest BCUT2D eigenvalue weighted by atomic mass is 16.6. The van der Waals surface area contributed by atoms with Gasteiger partial charge in [0.05, 0.1) is 11.5 Å². The van der Waals surface area contributed by atoms with Gasteiger partial charge in [-0.15, -0.1) is 0 Å². The van der Waals surface area contributed by atoms with Crippen LogP contribution in [0.1, 0.15) is 24.8 Å². The Morgan fingerprint density at radius 3 is 2.78 bits per heavy atom. The molecule has 1 aromatic rings. The molecule has 0 spiro atoms. The summed E-state index contributed by atoms with van der Waals surface area (Å²) in [5, 5.41) is 19.2. The third-order valence-electron chi connectivity index (χ3n) is 2.35. The van der Waals surface area contributed by atoms with E-state index in [2.05, 4.69) is 0 Å². The third kappa shape index (κ3) is 4.40. The SMILES string of the molecule is Cc1ccc(OCCCCC(=O)O)c([N+](=O)[O-])c1. The number of nitro groups is 1. The first kappa shape index (κ1) is 14.0. The van der Waals surface area contributed by atoms with Crippen molar-refractivity contribution in [3.63, 3.8) is 0 Å². The number of carboxylic acids is 1. The highest BCUT2D eigenvalue weighted by Gasteiger charge is 2.14. The number of nitrogens with zero attached hydrogens (tertiary/aromatic N) is 1. The van der Waals surface area contributed by atoms with Crippen molar-refractivity contribution in [2.45, 2.75) is 26.2 Å². The van der Waals surface area contributed by atoms with E-state index in [0.29, 0.717) is 12.8 Å². The van der Waals surface area contributed by atoms with E-state index >= 15 is 0 Å². The van der Waals surface area contributed by atoms with Gasteiger partial charge in [-0.05, 0) is 31.4 Å². The lowest BCUT2D eigenvalue weighted by Gasteiger charge is -2.06. The number of aryl methyl sites for hydroxylation is 1. The van der Waals surface area contributed by atoms with Crippen molar-refractivity contribution in [1.82, 2.24) is 0 Å². The van der Waals surface area contributed by atoms with Gasteiger partial charge in [0.1, 0.15) is 0 Å². The Morgan fingerprint density at radius 1 is 1.44 bits per heavy atom. The van der Waals surface area contributed by atoms with Crippen LogP contribution < -0.4 is 4.74 Å². The van der Waals surface area contributed by atoms with Crippen molar-refractivity contribution in [2.75, 3.05) is 6.61 Å². The lowest BCUT2D eigenvalue weighted by atomic mass is 10.2. The molecule has 0 fully saturated rings. The summed E-state index contributed by atoms with van der Waals surface area (Å²) in [5.41, 5.74) is 0.730.